The van der Waals surface area contributed by atoms with E-state index in [9.17, 15) is 0 Å². The molecule has 0 atom stereocenters. The van der Waals surface area contributed by atoms with Gasteiger partial charge < -0.3 is 10.6 Å². The minimum absolute atomic E-state index is 0.851. The summed E-state index contributed by atoms with van der Waals surface area (Å²) in [6.45, 7) is 8.81. The van der Waals surface area contributed by atoms with Gasteiger partial charge in [-0.05, 0) is 43.5 Å². The molecule has 1 aromatic carbocycles. The standard InChI is InChI=1S/C13H22N2/c1-4-8-15(9-5-2)13-7-6-12(14)10-11(13)3/h6-7,10H,4-5,8-9,14H2,1-3H3. The van der Waals surface area contributed by atoms with Gasteiger partial charge in [-0.2, -0.15) is 0 Å². The van der Waals surface area contributed by atoms with Crippen LogP contribution in [0.25, 0.3) is 0 Å². The first-order valence-electron chi connectivity index (χ1n) is 5.80. The van der Waals surface area contributed by atoms with Crippen molar-refractivity contribution in [3.63, 3.8) is 0 Å². The molecule has 84 valence electrons. The van der Waals surface area contributed by atoms with Crippen molar-refractivity contribution in [3.05, 3.63) is 23.8 Å². The summed E-state index contributed by atoms with van der Waals surface area (Å²) in [5.41, 5.74) is 9.21. The summed E-state index contributed by atoms with van der Waals surface area (Å²) in [5.74, 6) is 0. The first-order chi connectivity index (χ1) is 7.19. The molecule has 0 spiro atoms. The molecule has 1 rings (SSSR count). The average molecular weight is 206 g/mol. The van der Waals surface area contributed by atoms with Gasteiger partial charge in [-0.25, -0.2) is 0 Å². The van der Waals surface area contributed by atoms with Crippen LogP contribution in [-0.2, 0) is 0 Å². The van der Waals surface area contributed by atoms with E-state index in [0.717, 1.165) is 18.8 Å². The second-order valence-electron chi connectivity index (χ2n) is 4.03. The number of nitrogens with two attached hydrogens (primary N) is 1. The van der Waals surface area contributed by atoms with Crippen LogP contribution in [0.1, 0.15) is 32.3 Å². The first-order valence-corrected chi connectivity index (χ1v) is 5.80. The van der Waals surface area contributed by atoms with E-state index in [1.54, 1.807) is 0 Å². The number of nitrogens with zero attached hydrogens (tertiary/aromatic N) is 1. The van der Waals surface area contributed by atoms with E-state index in [1.165, 1.54) is 24.1 Å². The molecule has 0 heterocycles. The molecule has 0 unspecified atom stereocenters. The van der Waals surface area contributed by atoms with Gasteiger partial charge in [0.2, 0.25) is 0 Å². The topological polar surface area (TPSA) is 29.3 Å². The molecule has 0 saturated heterocycles. The lowest BCUT2D eigenvalue weighted by atomic mass is 10.1. The highest BCUT2D eigenvalue weighted by Gasteiger charge is 2.07. The van der Waals surface area contributed by atoms with Crippen LogP contribution >= 0.6 is 0 Å². The van der Waals surface area contributed by atoms with E-state index in [2.05, 4.69) is 31.7 Å². The van der Waals surface area contributed by atoms with Crippen LogP contribution in [0, 0.1) is 6.92 Å². The number of hydrogen-bond donors (Lipinski definition) is 1. The monoisotopic (exact) mass is 206 g/mol. The molecule has 1 aromatic rings. The van der Waals surface area contributed by atoms with E-state index in [0.29, 0.717) is 0 Å². The SMILES string of the molecule is CCCN(CCC)c1ccc(N)cc1C. The Balaban J connectivity index is 2.89. The molecule has 0 radical (unpaired) electrons. The molecule has 15 heavy (non-hydrogen) atoms. The fourth-order valence-electron chi connectivity index (χ4n) is 1.93. The second-order valence-corrected chi connectivity index (χ2v) is 4.03. The Morgan fingerprint density at radius 1 is 1.13 bits per heavy atom. The molecule has 0 saturated carbocycles. The lowest BCUT2D eigenvalue weighted by Gasteiger charge is -2.25. The average Bonchev–Trinajstić information content (AvgIpc) is 2.17. The van der Waals surface area contributed by atoms with Gasteiger partial charge in [0.05, 0.1) is 0 Å². The van der Waals surface area contributed by atoms with Crippen molar-refractivity contribution in [2.75, 3.05) is 23.7 Å². The molecule has 0 aliphatic rings. The van der Waals surface area contributed by atoms with E-state index in [-0.39, 0.29) is 0 Å². The smallest absolute Gasteiger partial charge is 0.0397 e. The van der Waals surface area contributed by atoms with Gasteiger partial charge in [0.25, 0.3) is 0 Å². The van der Waals surface area contributed by atoms with Crippen LogP contribution < -0.4 is 10.6 Å². The third-order valence-corrected chi connectivity index (χ3v) is 2.55. The lowest BCUT2D eigenvalue weighted by molar-refractivity contribution is 0.743. The predicted octanol–water partition coefficient (Wildman–Crippen LogP) is 3.20. The quantitative estimate of drug-likeness (QED) is 0.750. The molecule has 2 heteroatoms. The van der Waals surface area contributed by atoms with Gasteiger partial charge >= 0.3 is 0 Å². The molecule has 0 aliphatic carbocycles. The fourth-order valence-corrected chi connectivity index (χ4v) is 1.93. The van der Waals surface area contributed by atoms with Crippen LogP contribution in [0.4, 0.5) is 11.4 Å². The maximum atomic E-state index is 5.76. The largest absolute Gasteiger partial charge is 0.399 e. The van der Waals surface area contributed by atoms with E-state index >= 15 is 0 Å². The Morgan fingerprint density at radius 2 is 1.73 bits per heavy atom. The number of rotatable bonds is 5. The van der Waals surface area contributed by atoms with Crippen molar-refractivity contribution in [3.8, 4) is 0 Å². The van der Waals surface area contributed by atoms with Gasteiger partial charge in [-0.1, -0.05) is 13.8 Å². The van der Waals surface area contributed by atoms with Gasteiger partial charge in [-0.15, -0.1) is 0 Å². The third kappa shape index (κ3) is 3.15. The summed E-state index contributed by atoms with van der Waals surface area (Å²) in [4.78, 5) is 2.44. The zero-order chi connectivity index (χ0) is 11.3. The molecule has 0 aliphatic heterocycles. The van der Waals surface area contributed by atoms with Crippen LogP contribution in [0.15, 0.2) is 18.2 Å². The number of nitrogen functional groups attached to an aromatic ring is 1. The number of anilines is 2. The minimum atomic E-state index is 0.851. The molecular formula is C13H22N2. The van der Waals surface area contributed by atoms with Crippen LogP contribution in [0.5, 0.6) is 0 Å². The van der Waals surface area contributed by atoms with Crippen molar-refractivity contribution in [1.29, 1.82) is 0 Å². The Bertz CT molecular complexity index is 301. The van der Waals surface area contributed by atoms with Crippen molar-refractivity contribution in [2.45, 2.75) is 33.6 Å². The Morgan fingerprint density at radius 3 is 2.20 bits per heavy atom. The number of aryl methyl sites for hydroxylation is 1. The Kier molecular flexibility index (Phi) is 4.47. The third-order valence-electron chi connectivity index (χ3n) is 2.55. The summed E-state index contributed by atoms with van der Waals surface area (Å²) in [6, 6.07) is 6.17. The van der Waals surface area contributed by atoms with Crippen LogP contribution in [0.3, 0.4) is 0 Å². The van der Waals surface area contributed by atoms with Crippen LogP contribution in [-0.4, -0.2) is 13.1 Å². The minimum Gasteiger partial charge on any atom is -0.399 e. The molecule has 0 fully saturated rings. The van der Waals surface area contributed by atoms with Crippen molar-refractivity contribution < 1.29 is 0 Å². The zero-order valence-electron chi connectivity index (χ0n) is 10.1. The summed E-state index contributed by atoms with van der Waals surface area (Å²) in [6.07, 6.45) is 2.37. The summed E-state index contributed by atoms with van der Waals surface area (Å²) in [5, 5.41) is 0. The van der Waals surface area contributed by atoms with Gasteiger partial charge in [0, 0.05) is 24.5 Å². The van der Waals surface area contributed by atoms with Crippen LogP contribution in [0.2, 0.25) is 0 Å². The molecule has 0 aromatic heterocycles. The lowest BCUT2D eigenvalue weighted by Crippen LogP contribution is -2.25. The van der Waals surface area contributed by atoms with Gasteiger partial charge in [0.1, 0.15) is 0 Å². The second kappa shape index (κ2) is 5.64. The normalized spacial score (nSPS) is 10.3. The predicted molar refractivity (Wildman–Crippen MR) is 68.4 cm³/mol. The Labute approximate surface area is 93.1 Å². The first kappa shape index (κ1) is 11.9. The number of hydrogen-bond acceptors (Lipinski definition) is 2. The van der Waals surface area contributed by atoms with Crippen molar-refractivity contribution in [2.24, 2.45) is 0 Å². The van der Waals surface area contributed by atoms with Gasteiger partial charge in [-0.3, -0.25) is 0 Å². The molecular weight excluding hydrogens is 184 g/mol. The summed E-state index contributed by atoms with van der Waals surface area (Å²) in [7, 11) is 0. The molecule has 2 N–H and O–H groups in total. The fraction of sp³-hybridized carbons (Fsp3) is 0.538. The van der Waals surface area contributed by atoms with E-state index in [4.69, 9.17) is 5.73 Å². The van der Waals surface area contributed by atoms with Gasteiger partial charge in [0.15, 0.2) is 0 Å². The summed E-state index contributed by atoms with van der Waals surface area (Å²) >= 11 is 0. The molecule has 0 bridgehead atoms. The Hall–Kier alpha value is -1.18. The maximum absolute atomic E-state index is 5.76. The van der Waals surface area contributed by atoms with Crippen molar-refractivity contribution >= 4 is 11.4 Å². The van der Waals surface area contributed by atoms with E-state index < -0.39 is 0 Å². The molecule has 2 nitrogen and oxygen atoms in total. The number of benzene rings is 1. The zero-order valence-corrected chi connectivity index (χ0v) is 10.1. The highest BCUT2D eigenvalue weighted by Crippen LogP contribution is 2.22. The highest BCUT2D eigenvalue weighted by molar-refractivity contribution is 5.59. The van der Waals surface area contributed by atoms with Crippen molar-refractivity contribution in [1.82, 2.24) is 0 Å². The molecule has 0 amide bonds. The summed E-state index contributed by atoms with van der Waals surface area (Å²) < 4.78 is 0. The highest BCUT2D eigenvalue weighted by atomic mass is 15.1. The maximum Gasteiger partial charge on any atom is 0.0397 e. The van der Waals surface area contributed by atoms with E-state index in [1.807, 2.05) is 12.1 Å².